The summed E-state index contributed by atoms with van der Waals surface area (Å²) in [7, 11) is 1.74. The predicted octanol–water partition coefficient (Wildman–Crippen LogP) is 3.74. The molecule has 148 valence electrons. The lowest BCUT2D eigenvalue weighted by Crippen LogP contribution is -2.27. The van der Waals surface area contributed by atoms with E-state index in [9.17, 15) is 4.79 Å². The molecule has 0 aliphatic heterocycles. The van der Waals surface area contributed by atoms with Crippen LogP contribution in [0.15, 0.2) is 41.4 Å². The highest BCUT2D eigenvalue weighted by molar-refractivity contribution is 6.31. The highest BCUT2D eigenvalue weighted by Gasteiger charge is 2.21. The van der Waals surface area contributed by atoms with Crippen molar-refractivity contribution in [2.45, 2.75) is 26.9 Å². The maximum atomic E-state index is 13.3. The molecule has 3 heterocycles. The number of carbonyl (C=O) groups is 1. The zero-order valence-electron chi connectivity index (χ0n) is 16.3. The molecular formula is C20H19ClN6O2. The predicted molar refractivity (Wildman–Crippen MR) is 108 cm³/mol. The van der Waals surface area contributed by atoms with Gasteiger partial charge in [0.15, 0.2) is 5.82 Å². The second-order valence-electron chi connectivity index (χ2n) is 6.70. The number of hydrogen-bond donors (Lipinski definition) is 0. The lowest BCUT2D eigenvalue weighted by molar-refractivity contribution is 0.0781. The highest BCUT2D eigenvalue weighted by atomic mass is 35.5. The van der Waals surface area contributed by atoms with Crippen molar-refractivity contribution in [3.8, 4) is 11.4 Å². The van der Waals surface area contributed by atoms with Gasteiger partial charge in [0.2, 0.25) is 0 Å². The summed E-state index contributed by atoms with van der Waals surface area (Å²) in [4.78, 5) is 24.0. The van der Waals surface area contributed by atoms with Crippen molar-refractivity contribution < 1.29 is 9.32 Å². The van der Waals surface area contributed by atoms with Crippen molar-refractivity contribution in [3.05, 3.63) is 58.8 Å². The molecule has 4 aromatic rings. The van der Waals surface area contributed by atoms with Crippen molar-refractivity contribution in [1.82, 2.24) is 29.8 Å². The molecule has 0 bridgehead atoms. The number of benzene rings is 1. The summed E-state index contributed by atoms with van der Waals surface area (Å²) < 4.78 is 6.80. The van der Waals surface area contributed by atoms with E-state index in [0.29, 0.717) is 33.9 Å². The van der Waals surface area contributed by atoms with E-state index in [4.69, 9.17) is 16.1 Å². The third-order valence-electron chi connectivity index (χ3n) is 4.81. The summed E-state index contributed by atoms with van der Waals surface area (Å²) in [5.41, 5.74) is 3.51. The van der Waals surface area contributed by atoms with Crippen LogP contribution in [0.2, 0.25) is 5.02 Å². The molecule has 3 aromatic heterocycles. The van der Waals surface area contributed by atoms with Crippen LogP contribution < -0.4 is 0 Å². The monoisotopic (exact) mass is 410 g/mol. The largest absolute Gasteiger partial charge is 0.364 e. The van der Waals surface area contributed by atoms with Gasteiger partial charge in [0.25, 0.3) is 5.91 Å². The maximum absolute atomic E-state index is 13.3. The molecule has 0 unspecified atom stereocenters. The molecule has 29 heavy (non-hydrogen) atoms. The zero-order chi connectivity index (χ0) is 20.5. The smallest absolute Gasteiger partial charge is 0.273 e. The third kappa shape index (κ3) is 3.58. The fraction of sp³-hybridized carbons (Fsp3) is 0.250. The number of fused-ring (bicyclic) bond motifs is 1. The number of nitrogens with zero attached hydrogens (tertiary/aromatic N) is 6. The first-order chi connectivity index (χ1) is 14.0. The molecule has 9 heteroatoms. The Morgan fingerprint density at radius 1 is 1.28 bits per heavy atom. The minimum atomic E-state index is -0.235. The van der Waals surface area contributed by atoms with Crippen molar-refractivity contribution in [3.63, 3.8) is 0 Å². The van der Waals surface area contributed by atoms with Crippen molar-refractivity contribution in [1.29, 1.82) is 0 Å². The van der Waals surface area contributed by atoms with Gasteiger partial charge in [-0.05, 0) is 32.0 Å². The molecule has 1 aromatic carbocycles. The molecular weight excluding hydrogens is 392 g/mol. The Kier molecular flexibility index (Phi) is 5.02. The van der Waals surface area contributed by atoms with Gasteiger partial charge in [-0.25, -0.2) is 9.97 Å². The van der Waals surface area contributed by atoms with Crippen LogP contribution in [-0.4, -0.2) is 42.8 Å². The Bertz CT molecular complexity index is 1190. The van der Waals surface area contributed by atoms with Crippen molar-refractivity contribution in [2.24, 2.45) is 0 Å². The van der Waals surface area contributed by atoms with E-state index in [1.165, 1.54) is 12.5 Å². The first kappa shape index (κ1) is 19.1. The molecule has 0 N–H and O–H groups in total. The summed E-state index contributed by atoms with van der Waals surface area (Å²) in [6, 6.07) is 5.20. The number of rotatable bonds is 5. The number of hydrogen-bond acceptors (Lipinski definition) is 6. The summed E-state index contributed by atoms with van der Waals surface area (Å²) >= 11 is 6.17. The van der Waals surface area contributed by atoms with Gasteiger partial charge in [0.1, 0.15) is 12.0 Å². The summed E-state index contributed by atoms with van der Waals surface area (Å²) in [5.74, 6) is 0.133. The van der Waals surface area contributed by atoms with Crippen LogP contribution in [0.1, 0.15) is 28.7 Å². The van der Waals surface area contributed by atoms with Gasteiger partial charge < -0.3 is 9.42 Å². The van der Waals surface area contributed by atoms with Gasteiger partial charge in [-0.15, -0.1) is 0 Å². The molecule has 0 aliphatic carbocycles. The summed E-state index contributed by atoms with van der Waals surface area (Å²) in [5, 5.41) is 9.15. The molecule has 0 aliphatic rings. The lowest BCUT2D eigenvalue weighted by atomic mass is 10.1. The Morgan fingerprint density at radius 2 is 2.10 bits per heavy atom. The Labute approximate surface area is 172 Å². The fourth-order valence-corrected chi connectivity index (χ4v) is 3.35. The molecule has 0 saturated heterocycles. The molecule has 8 nitrogen and oxygen atoms in total. The van der Waals surface area contributed by atoms with Crippen molar-refractivity contribution in [2.75, 3.05) is 7.05 Å². The second-order valence-corrected chi connectivity index (χ2v) is 7.14. The van der Waals surface area contributed by atoms with E-state index >= 15 is 0 Å². The quantitative estimate of drug-likeness (QED) is 0.498. The number of halogens is 1. The molecule has 0 fully saturated rings. The van der Waals surface area contributed by atoms with E-state index < -0.39 is 0 Å². The van der Waals surface area contributed by atoms with E-state index in [0.717, 1.165) is 17.8 Å². The number of aryl methyl sites for hydroxylation is 1. The van der Waals surface area contributed by atoms with Crippen LogP contribution in [0.25, 0.3) is 22.3 Å². The molecule has 0 spiro atoms. The fourth-order valence-electron chi connectivity index (χ4n) is 3.18. The molecule has 4 rings (SSSR count). The third-order valence-corrected chi connectivity index (χ3v) is 5.04. The lowest BCUT2D eigenvalue weighted by Gasteiger charge is -2.18. The average Bonchev–Trinajstić information content (AvgIpc) is 3.37. The van der Waals surface area contributed by atoms with Gasteiger partial charge in [-0.3, -0.25) is 9.48 Å². The van der Waals surface area contributed by atoms with Crippen molar-refractivity contribution >= 4 is 28.4 Å². The topological polar surface area (TPSA) is 89.9 Å². The second kappa shape index (κ2) is 7.63. The van der Waals surface area contributed by atoms with Crippen LogP contribution in [0, 0.1) is 6.92 Å². The van der Waals surface area contributed by atoms with E-state index in [-0.39, 0.29) is 11.6 Å². The minimum absolute atomic E-state index is 0.235. The summed E-state index contributed by atoms with van der Waals surface area (Å²) in [6.45, 7) is 5.22. The van der Waals surface area contributed by atoms with Crippen LogP contribution in [0.3, 0.4) is 0 Å². The normalized spacial score (nSPS) is 11.2. The zero-order valence-corrected chi connectivity index (χ0v) is 17.0. The van der Waals surface area contributed by atoms with Crippen LogP contribution in [-0.2, 0) is 13.1 Å². The summed E-state index contributed by atoms with van der Waals surface area (Å²) in [6.07, 6.45) is 4.75. The van der Waals surface area contributed by atoms with Gasteiger partial charge in [0, 0.05) is 41.8 Å². The van der Waals surface area contributed by atoms with E-state index in [1.807, 2.05) is 18.5 Å². The Morgan fingerprint density at radius 3 is 2.79 bits per heavy atom. The first-order valence-corrected chi connectivity index (χ1v) is 9.49. The number of amides is 1. The van der Waals surface area contributed by atoms with E-state index in [1.54, 1.807) is 36.3 Å². The van der Waals surface area contributed by atoms with Gasteiger partial charge in [-0.1, -0.05) is 16.8 Å². The first-order valence-electron chi connectivity index (χ1n) is 9.11. The minimum Gasteiger partial charge on any atom is -0.364 e. The van der Waals surface area contributed by atoms with E-state index in [2.05, 4.69) is 20.2 Å². The highest BCUT2D eigenvalue weighted by Crippen LogP contribution is 2.25. The molecule has 0 radical (unpaired) electrons. The Balaban J connectivity index is 1.75. The number of aromatic nitrogens is 5. The SMILES string of the molecule is CCn1ncc(CN(C)C(=O)c2nc(-c3cnoc3)nc3ccc(Cl)cc23)c1C. The molecule has 0 atom stereocenters. The molecule has 1 amide bonds. The average molecular weight is 411 g/mol. The van der Waals surface area contributed by atoms with Gasteiger partial charge in [0.05, 0.1) is 23.5 Å². The van der Waals surface area contributed by atoms with Crippen LogP contribution in [0.4, 0.5) is 0 Å². The van der Waals surface area contributed by atoms with Gasteiger partial charge >= 0.3 is 0 Å². The standard InChI is InChI=1S/C20H19ClN6O2/c1-4-27-12(2)13(8-22-27)10-26(3)20(28)18-16-7-15(21)5-6-17(16)24-19(25-18)14-9-23-29-11-14/h5-9,11H,4,10H2,1-3H3. The van der Waals surface area contributed by atoms with Crippen LogP contribution >= 0.6 is 11.6 Å². The van der Waals surface area contributed by atoms with Crippen LogP contribution in [0.5, 0.6) is 0 Å². The van der Waals surface area contributed by atoms with Gasteiger partial charge in [-0.2, -0.15) is 5.10 Å². The Hall–Kier alpha value is -3.26. The number of carbonyl (C=O) groups excluding carboxylic acids is 1. The maximum Gasteiger partial charge on any atom is 0.273 e. The molecule has 0 saturated carbocycles.